The standard InChI is InChI=1S/C9H15N3S/c1-12-5-3-7-9(13-6-11-7)8(12)2-4-10/h6,8H,2-5,10H2,1H3. The van der Waals surface area contributed by atoms with Crippen LogP contribution in [0.3, 0.4) is 0 Å². The maximum Gasteiger partial charge on any atom is 0.0798 e. The molecule has 3 nitrogen and oxygen atoms in total. The third-order valence-corrected chi connectivity index (χ3v) is 3.62. The Morgan fingerprint density at radius 2 is 2.62 bits per heavy atom. The molecule has 0 saturated carbocycles. The van der Waals surface area contributed by atoms with Crippen molar-refractivity contribution in [3.05, 3.63) is 16.1 Å². The summed E-state index contributed by atoms with van der Waals surface area (Å²) >= 11 is 1.77. The highest BCUT2D eigenvalue weighted by molar-refractivity contribution is 7.09. The fourth-order valence-electron chi connectivity index (χ4n) is 1.88. The molecule has 0 bridgehead atoms. The van der Waals surface area contributed by atoms with E-state index in [1.54, 1.807) is 11.3 Å². The molecule has 1 atom stereocenters. The van der Waals surface area contributed by atoms with Crippen molar-refractivity contribution in [1.29, 1.82) is 0 Å². The van der Waals surface area contributed by atoms with E-state index in [1.165, 1.54) is 10.6 Å². The summed E-state index contributed by atoms with van der Waals surface area (Å²) < 4.78 is 0. The van der Waals surface area contributed by atoms with Crippen molar-refractivity contribution in [3.8, 4) is 0 Å². The van der Waals surface area contributed by atoms with Crippen LogP contribution in [0.2, 0.25) is 0 Å². The average Bonchev–Trinajstić information content (AvgIpc) is 2.58. The minimum Gasteiger partial charge on any atom is -0.330 e. The fraction of sp³-hybridized carbons (Fsp3) is 0.667. The minimum absolute atomic E-state index is 0.515. The maximum absolute atomic E-state index is 5.61. The Labute approximate surface area is 82.6 Å². The molecule has 13 heavy (non-hydrogen) atoms. The molecule has 0 saturated heterocycles. The summed E-state index contributed by atoms with van der Waals surface area (Å²) in [6.45, 7) is 1.87. The molecule has 2 N–H and O–H groups in total. The third kappa shape index (κ3) is 1.61. The van der Waals surface area contributed by atoms with Gasteiger partial charge < -0.3 is 5.73 Å². The Morgan fingerprint density at radius 1 is 1.77 bits per heavy atom. The molecule has 1 aromatic heterocycles. The Bertz CT molecular complexity index is 284. The average molecular weight is 197 g/mol. The molecular formula is C9H15N3S. The molecule has 0 spiro atoms. The highest BCUT2D eigenvalue weighted by atomic mass is 32.1. The van der Waals surface area contributed by atoms with E-state index in [4.69, 9.17) is 5.73 Å². The van der Waals surface area contributed by atoms with Crippen LogP contribution in [0.15, 0.2) is 5.51 Å². The SMILES string of the molecule is CN1CCc2ncsc2C1CCN. The molecule has 72 valence electrons. The summed E-state index contributed by atoms with van der Waals surface area (Å²) in [6, 6.07) is 0.515. The normalized spacial score (nSPS) is 23.1. The van der Waals surface area contributed by atoms with Crippen LogP contribution in [-0.2, 0) is 6.42 Å². The molecule has 4 heteroatoms. The smallest absolute Gasteiger partial charge is 0.0798 e. The molecule has 0 amide bonds. The van der Waals surface area contributed by atoms with Gasteiger partial charge in [-0.3, -0.25) is 4.90 Å². The second kappa shape index (κ2) is 3.74. The molecule has 0 aromatic carbocycles. The monoisotopic (exact) mass is 197 g/mol. The Hall–Kier alpha value is -0.450. The molecule has 2 rings (SSSR count). The van der Waals surface area contributed by atoms with Crippen molar-refractivity contribution >= 4 is 11.3 Å². The van der Waals surface area contributed by atoms with Crippen LogP contribution in [0, 0.1) is 0 Å². The molecule has 0 radical (unpaired) electrons. The van der Waals surface area contributed by atoms with E-state index in [9.17, 15) is 0 Å². The Morgan fingerprint density at radius 3 is 3.38 bits per heavy atom. The van der Waals surface area contributed by atoms with E-state index in [0.717, 1.165) is 25.9 Å². The lowest BCUT2D eigenvalue weighted by Gasteiger charge is -2.31. The zero-order valence-electron chi connectivity index (χ0n) is 7.86. The van der Waals surface area contributed by atoms with Gasteiger partial charge in [-0.25, -0.2) is 4.98 Å². The zero-order valence-corrected chi connectivity index (χ0v) is 8.68. The van der Waals surface area contributed by atoms with Crippen molar-refractivity contribution in [2.75, 3.05) is 20.1 Å². The number of hydrogen-bond acceptors (Lipinski definition) is 4. The van der Waals surface area contributed by atoms with Crippen LogP contribution >= 0.6 is 11.3 Å². The first-order valence-corrected chi connectivity index (χ1v) is 5.53. The summed E-state index contributed by atoms with van der Waals surface area (Å²) in [4.78, 5) is 8.19. The van der Waals surface area contributed by atoms with E-state index in [0.29, 0.717) is 6.04 Å². The number of rotatable bonds is 2. The first-order valence-electron chi connectivity index (χ1n) is 4.65. The maximum atomic E-state index is 5.61. The van der Waals surface area contributed by atoms with Gasteiger partial charge in [-0.05, 0) is 20.0 Å². The van der Waals surface area contributed by atoms with Gasteiger partial charge in [0.2, 0.25) is 0 Å². The van der Waals surface area contributed by atoms with Gasteiger partial charge in [0.05, 0.1) is 11.2 Å². The van der Waals surface area contributed by atoms with E-state index < -0.39 is 0 Å². The van der Waals surface area contributed by atoms with Gasteiger partial charge in [0.15, 0.2) is 0 Å². The molecule has 1 aromatic rings. The number of thiazole rings is 1. The van der Waals surface area contributed by atoms with E-state index in [-0.39, 0.29) is 0 Å². The summed E-state index contributed by atoms with van der Waals surface area (Å²) in [5.74, 6) is 0. The lowest BCUT2D eigenvalue weighted by atomic mass is 10.0. The summed E-state index contributed by atoms with van der Waals surface area (Å²) in [7, 11) is 2.17. The number of nitrogens with two attached hydrogens (primary N) is 1. The summed E-state index contributed by atoms with van der Waals surface area (Å²) in [6.07, 6.45) is 2.14. The van der Waals surface area contributed by atoms with E-state index in [1.807, 2.05) is 5.51 Å². The topological polar surface area (TPSA) is 42.2 Å². The van der Waals surface area contributed by atoms with E-state index in [2.05, 4.69) is 16.9 Å². The predicted octanol–water partition coefficient (Wildman–Crippen LogP) is 1.02. The van der Waals surface area contributed by atoms with Crippen molar-refractivity contribution in [2.45, 2.75) is 18.9 Å². The predicted molar refractivity (Wildman–Crippen MR) is 54.9 cm³/mol. The van der Waals surface area contributed by atoms with Gasteiger partial charge in [-0.1, -0.05) is 0 Å². The quantitative estimate of drug-likeness (QED) is 0.769. The van der Waals surface area contributed by atoms with Gasteiger partial charge in [-0.2, -0.15) is 0 Å². The first-order chi connectivity index (χ1) is 6.33. The second-order valence-electron chi connectivity index (χ2n) is 3.49. The fourth-order valence-corrected chi connectivity index (χ4v) is 2.92. The van der Waals surface area contributed by atoms with Gasteiger partial charge in [0, 0.05) is 23.9 Å². The van der Waals surface area contributed by atoms with Crippen molar-refractivity contribution < 1.29 is 0 Å². The lowest BCUT2D eigenvalue weighted by Crippen LogP contribution is -2.32. The van der Waals surface area contributed by atoms with Crippen LogP contribution in [-0.4, -0.2) is 30.0 Å². The van der Waals surface area contributed by atoms with Gasteiger partial charge in [0.25, 0.3) is 0 Å². The lowest BCUT2D eigenvalue weighted by molar-refractivity contribution is 0.224. The molecule has 0 aliphatic carbocycles. The number of fused-ring (bicyclic) bond motifs is 1. The zero-order chi connectivity index (χ0) is 9.26. The van der Waals surface area contributed by atoms with Gasteiger partial charge >= 0.3 is 0 Å². The van der Waals surface area contributed by atoms with Crippen molar-refractivity contribution in [2.24, 2.45) is 5.73 Å². The molecule has 1 aliphatic heterocycles. The second-order valence-corrected chi connectivity index (χ2v) is 4.37. The van der Waals surface area contributed by atoms with Crippen molar-refractivity contribution in [3.63, 3.8) is 0 Å². The molecule has 1 aliphatic rings. The number of hydrogen-bond donors (Lipinski definition) is 1. The first kappa shape index (κ1) is 9.12. The number of aromatic nitrogens is 1. The van der Waals surface area contributed by atoms with Gasteiger partial charge in [0.1, 0.15) is 0 Å². The molecular weight excluding hydrogens is 182 g/mol. The Kier molecular flexibility index (Phi) is 2.62. The highest BCUT2D eigenvalue weighted by Gasteiger charge is 2.25. The van der Waals surface area contributed by atoms with Gasteiger partial charge in [-0.15, -0.1) is 11.3 Å². The van der Waals surface area contributed by atoms with Crippen LogP contribution in [0.4, 0.5) is 0 Å². The third-order valence-electron chi connectivity index (χ3n) is 2.65. The van der Waals surface area contributed by atoms with Crippen LogP contribution in [0.1, 0.15) is 23.0 Å². The van der Waals surface area contributed by atoms with Crippen LogP contribution in [0.25, 0.3) is 0 Å². The minimum atomic E-state index is 0.515. The Balaban J connectivity index is 2.25. The van der Waals surface area contributed by atoms with Crippen LogP contribution < -0.4 is 5.73 Å². The highest BCUT2D eigenvalue weighted by Crippen LogP contribution is 2.32. The molecule has 2 heterocycles. The summed E-state index contributed by atoms with van der Waals surface area (Å²) in [5.41, 5.74) is 8.85. The molecule has 1 unspecified atom stereocenters. The number of likely N-dealkylation sites (N-methyl/N-ethyl adjacent to an activating group) is 1. The number of nitrogens with zero attached hydrogens (tertiary/aromatic N) is 2. The largest absolute Gasteiger partial charge is 0.330 e. The molecule has 0 fully saturated rings. The van der Waals surface area contributed by atoms with Crippen molar-refractivity contribution in [1.82, 2.24) is 9.88 Å². The van der Waals surface area contributed by atoms with E-state index >= 15 is 0 Å². The summed E-state index contributed by atoms with van der Waals surface area (Å²) in [5, 5.41) is 0. The van der Waals surface area contributed by atoms with Crippen LogP contribution in [0.5, 0.6) is 0 Å².